The van der Waals surface area contributed by atoms with Crippen LogP contribution in [0.25, 0.3) is 0 Å². The lowest BCUT2D eigenvalue weighted by molar-refractivity contribution is -0.120. The van der Waals surface area contributed by atoms with Crippen LogP contribution < -0.4 is 4.74 Å². The zero-order valence-corrected chi connectivity index (χ0v) is 7.85. The molecule has 0 unspecified atom stereocenters. The highest BCUT2D eigenvalue weighted by Gasteiger charge is 1.98. The number of hydrogen-bond acceptors (Lipinski definition) is 3. The SMILES string of the molecule is CSc1ccc(OC=O)cc1C. The van der Waals surface area contributed by atoms with Crippen LogP contribution in [0.1, 0.15) is 5.56 Å². The minimum atomic E-state index is 0.438. The fourth-order valence-corrected chi connectivity index (χ4v) is 1.56. The Kier molecular flexibility index (Phi) is 3.17. The third kappa shape index (κ3) is 2.01. The predicted molar refractivity (Wildman–Crippen MR) is 49.7 cm³/mol. The number of hydrogen-bond donors (Lipinski definition) is 0. The van der Waals surface area contributed by atoms with Crippen LogP contribution in [0.4, 0.5) is 0 Å². The molecule has 0 heterocycles. The molecule has 0 aliphatic heterocycles. The first-order valence-corrected chi connectivity index (χ1v) is 4.75. The van der Waals surface area contributed by atoms with Crippen LogP contribution >= 0.6 is 11.8 Å². The topological polar surface area (TPSA) is 26.3 Å². The predicted octanol–water partition coefficient (Wildman–Crippen LogP) is 2.25. The minimum Gasteiger partial charge on any atom is -0.429 e. The van der Waals surface area contributed by atoms with Crippen LogP contribution in [0.3, 0.4) is 0 Å². The lowest BCUT2D eigenvalue weighted by Crippen LogP contribution is -1.89. The Hall–Kier alpha value is -0.960. The van der Waals surface area contributed by atoms with Gasteiger partial charge >= 0.3 is 0 Å². The molecule has 12 heavy (non-hydrogen) atoms. The molecule has 0 bridgehead atoms. The third-order valence-corrected chi connectivity index (χ3v) is 2.45. The summed E-state index contributed by atoms with van der Waals surface area (Å²) in [5, 5.41) is 0. The molecule has 2 nitrogen and oxygen atoms in total. The van der Waals surface area contributed by atoms with Crippen molar-refractivity contribution in [2.45, 2.75) is 11.8 Å². The van der Waals surface area contributed by atoms with E-state index in [2.05, 4.69) is 0 Å². The summed E-state index contributed by atoms with van der Waals surface area (Å²) in [4.78, 5) is 11.2. The zero-order valence-electron chi connectivity index (χ0n) is 7.03. The first-order chi connectivity index (χ1) is 5.77. The van der Waals surface area contributed by atoms with Gasteiger partial charge < -0.3 is 4.74 Å². The van der Waals surface area contributed by atoms with Crippen LogP contribution in [-0.4, -0.2) is 12.7 Å². The van der Waals surface area contributed by atoms with Gasteiger partial charge in [-0.1, -0.05) is 0 Å². The highest BCUT2D eigenvalue weighted by molar-refractivity contribution is 7.98. The average molecular weight is 182 g/mol. The van der Waals surface area contributed by atoms with Crippen LogP contribution in [0.2, 0.25) is 0 Å². The summed E-state index contributed by atoms with van der Waals surface area (Å²) in [5.74, 6) is 0.598. The summed E-state index contributed by atoms with van der Waals surface area (Å²) in [5.41, 5.74) is 1.13. The van der Waals surface area contributed by atoms with Gasteiger partial charge in [0.25, 0.3) is 6.47 Å². The Balaban J connectivity index is 2.93. The van der Waals surface area contributed by atoms with Gasteiger partial charge in [-0.25, -0.2) is 0 Å². The van der Waals surface area contributed by atoms with E-state index in [9.17, 15) is 4.79 Å². The average Bonchev–Trinajstić information content (AvgIpc) is 2.05. The van der Waals surface area contributed by atoms with Gasteiger partial charge in [-0.15, -0.1) is 11.8 Å². The summed E-state index contributed by atoms with van der Waals surface area (Å²) >= 11 is 1.68. The summed E-state index contributed by atoms with van der Waals surface area (Å²) in [6, 6.07) is 5.58. The Morgan fingerprint density at radius 3 is 2.75 bits per heavy atom. The van der Waals surface area contributed by atoms with E-state index in [1.807, 2.05) is 25.3 Å². The van der Waals surface area contributed by atoms with Crippen molar-refractivity contribution in [1.82, 2.24) is 0 Å². The van der Waals surface area contributed by atoms with Crippen LogP contribution in [-0.2, 0) is 4.79 Å². The van der Waals surface area contributed by atoms with E-state index in [1.165, 1.54) is 4.90 Å². The molecule has 1 rings (SSSR count). The van der Waals surface area contributed by atoms with E-state index in [4.69, 9.17) is 4.74 Å². The van der Waals surface area contributed by atoms with Crippen LogP contribution in [0, 0.1) is 6.92 Å². The largest absolute Gasteiger partial charge is 0.429 e. The van der Waals surface area contributed by atoms with Gasteiger partial charge in [-0.3, -0.25) is 4.79 Å². The molecular formula is C9H10O2S. The van der Waals surface area contributed by atoms with E-state index in [0.29, 0.717) is 12.2 Å². The van der Waals surface area contributed by atoms with Crippen LogP contribution in [0.5, 0.6) is 5.75 Å². The Morgan fingerprint density at radius 2 is 2.25 bits per heavy atom. The Bertz CT molecular complexity index is 284. The molecule has 0 radical (unpaired) electrons. The second-order valence-corrected chi connectivity index (χ2v) is 3.19. The molecule has 0 aliphatic carbocycles. The van der Waals surface area contributed by atoms with Crippen molar-refractivity contribution in [1.29, 1.82) is 0 Å². The fraction of sp³-hybridized carbons (Fsp3) is 0.222. The standard InChI is InChI=1S/C9H10O2S/c1-7-5-8(11-6-10)3-4-9(7)12-2/h3-6H,1-2H3. The molecular weight excluding hydrogens is 172 g/mol. The van der Waals surface area contributed by atoms with Crippen molar-refractivity contribution in [3.8, 4) is 5.75 Å². The lowest BCUT2D eigenvalue weighted by atomic mass is 10.2. The molecule has 0 amide bonds. The quantitative estimate of drug-likeness (QED) is 0.529. The lowest BCUT2D eigenvalue weighted by Gasteiger charge is -2.03. The molecule has 0 fully saturated rings. The Morgan fingerprint density at radius 1 is 1.50 bits per heavy atom. The monoisotopic (exact) mass is 182 g/mol. The maximum Gasteiger partial charge on any atom is 0.298 e. The molecule has 0 spiro atoms. The van der Waals surface area contributed by atoms with Gasteiger partial charge in [0.2, 0.25) is 0 Å². The second kappa shape index (κ2) is 4.16. The molecule has 0 N–H and O–H groups in total. The van der Waals surface area contributed by atoms with Gasteiger partial charge in [0, 0.05) is 4.90 Å². The molecule has 64 valence electrons. The number of ether oxygens (including phenoxy) is 1. The van der Waals surface area contributed by atoms with Crippen molar-refractivity contribution in [2.24, 2.45) is 0 Å². The molecule has 0 aliphatic rings. The van der Waals surface area contributed by atoms with Gasteiger partial charge in [-0.2, -0.15) is 0 Å². The highest BCUT2D eigenvalue weighted by Crippen LogP contribution is 2.23. The zero-order chi connectivity index (χ0) is 8.97. The first kappa shape index (κ1) is 9.13. The van der Waals surface area contributed by atoms with Gasteiger partial charge in [0.05, 0.1) is 0 Å². The smallest absolute Gasteiger partial charge is 0.298 e. The van der Waals surface area contributed by atoms with Crippen molar-refractivity contribution in [2.75, 3.05) is 6.26 Å². The normalized spacial score (nSPS) is 9.50. The van der Waals surface area contributed by atoms with Crippen molar-refractivity contribution in [3.63, 3.8) is 0 Å². The number of aryl methyl sites for hydroxylation is 1. The van der Waals surface area contributed by atoms with Crippen molar-refractivity contribution in [3.05, 3.63) is 23.8 Å². The minimum absolute atomic E-state index is 0.438. The molecule has 1 aromatic rings. The van der Waals surface area contributed by atoms with E-state index < -0.39 is 0 Å². The molecule has 3 heteroatoms. The van der Waals surface area contributed by atoms with E-state index in [1.54, 1.807) is 17.8 Å². The Labute approximate surface area is 75.9 Å². The summed E-state index contributed by atoms with van der Waals surface area (Å²) in [6.07, 6.45) is 2.02. The van der Waals surface area contributed by atoms with E-state index in [-0.39, 0.29) is 0 Å². The van der Waals surface area contributed by atoms with E-state index in [0.717, 1.165) is 5.56 Å². The molecule has 0 saturated carbocycles. The van der Waals surface area contributed by atoms with Crippen molar-refractivity contribution < 1.29 is 9.53 Å². The maximum absolute atomic E-state index is 10.0. The maximum atomic E-state index is 10.0. The number of rotatable bonds is 3. The van der Waals surface area contributed by atoms with Crippen molar-refractivity contribution >= 4 is 18.2 Å². The third-order valence-electron chi connectivity index (χ3n) is 1.55. The summed E-state index contributed by atoms with van der Waals surface area (Å²) < 4.78 is 4.70. The second-order valence-electron chi connectivity index (χ2n) is 2.35. The molecule has 0 atom stereocenters. The van der Waals surface area contributed by atoms with Crippen LogP contribution in [0.15, 0.2) is 23.1 Å². The van der Waals surface area contributed by atoms with E-state index >= 15 is 0 Å². The van der Waals surface area contributed by atoms with Gasteiger partial charge in [0.15, 0.2) is 0 Å². The number of carbonyl (C=O) groups is 1. The summed E-state index contributed by atoms with van der Waals surface area (Å²) in [6.45, 7) is 2.43. The number of benzene rings is 1. The van der Waals surface area contributed by atoms with Gasteiger partial charge in [-0.05, 0) is 36.9 Å². The number of thioether (sulfide) groups is 1. The summed E-state index contributed by atoms with van der Waals surface area (Å²) in [7, 11) is 0. The molecule has 0 saturated heterocycles. The first-order valence-electron chi connectivity index (χ1n) is 3.53. The molecule has 0 aromatic heterocycles. The molecule has 1 aromatic carbocycles. The number of carbonyl (C=O) groups excluding carboxylic acids is 1. The highest BCUT2D eigenvalue weighted by atomic mass is 32.2. The fourth-order valence-electron chi connectivity index (χ4n) is 0.980. The van der Waals surface area contributed by atoms with Gasteiger partial charge in [0.1, 0.15) is 5.75 Å².